The highest BCUT2D eigenvalue weighted by Gasteiger charge is 2.05. The van der Waals surface area contributed by atoms with Crippen LogP contribution in [-0.2, 0) is 0 Å². The molecule has 0 aliphatic carbocycles. The zero-order valence-electron chi connectivity index (χ0n) is 13.8. The van der Waals surface area contributed by atoms with E-state index < -0.39 is 0 Å². The van der Waals surface area contributed by atoms with E-state index in [9.17, 15) is 0 Å². The van der Waals surface area contributed by atoms with Crippen molar-refractivity contribution in [1.82, 2.24) is 0 Å². The molecule has 1 heteroatoms. The van der Waals surface area contributed by atoms with Gasteiger partial charge in [0.15, 0.2) is 0 Å². The van der Waals surface area contributed by atoms with Crippen LogP contribution in [0.25, 0.3) is 0 Å². The predicted octanol–water partition coefficient (Wildman–Crippen LogP) is 5.96. The molecule has 0 saturated heterocycles. The van der Waals surface area contributed by atoms with Crippen LogP contribution >= 0.6 is 0 Å². The summed E-state index contributed by atoms with van der Waals surface area (Å²) >= 11 is 0. The number of rotatable bonds is 11. The third kappa shape index (κ3) is 6.98. The fourth-order valence-corrected chi connectivity index (χ4v) is 2.58. The number of hydrogen-bond acceptors (Lipinski definition) is 1. The molecule has 114 valence electrons. The molecule has 0 fully saturated rings. The molecule has 0 aliphatic rings. The molecule has 0 N–H and O–H groups in total. The summed E-state index contributed by atoms with van der Waals surface area (Å²) in [6.45, 7) is 9.16. The van der Waals surface area contributed by atoms with Crippen LogP contribution in [0.4, 0.5) is 5.69 Å². The second-order valence-corrected chi connectivity index (χ2v) is 5.94. The second-order valence-electron chi connectivity index (χ2n) is 5.94. The summed E-state index contributed by atoms with van der Waals surface area (Å²) in [5.74, 6) is 0. The highest BCUT2D eigenvalue weighted by molar-refractivity contribution is 5.47. The van der Waals surface area contributed by atoms with Crippen molar-refractivity contribution in [2.75, 3.05) is 18.0 Å². The van der Waals surface area contributed by atoms with Crippen molar-refractivity contribution in [3.63, 3.8) is 0 Å². The quantitative estimate of drug-likeness (QED) is 0.450. The summed E-state index contributed by atoms with van der Waals surface area (Å²) in [6, 6.07) is 9.05. The Labute approximate surface area is 126 Å². The molecule has 0 aromatic heterocycles. The molecular weight excluding hydrogens is 242 g/mol. The summed E-state index contributed by atoms with van der Waals surface area (Å²) in [5.41, 5.74) is 2.76. The highest BCUT2D eigenvalue weighted by Crippen LogP contribution is 2.17. The molecule has 0 bridgehead atoms. The molecule has 0 radical (unpaired) electrons. The van der Waals surface area contributed by atoms with Gasteiger partial charge < -0.3 is 4.90 Å². The monoisotopic (exact) mass is 275 g/mol. The zero-order chi connectivity index (χ0) is 14.6. The first kappa shape index (κ1) is 17.1. The summed E-state index contributed by atoms with van der Waals surface area (Å²) < 4.78 is 0. The van der Waals surface area contributed by atoms with E-state index in [-0.39, 0.29) is 0 Å². The van der Waals surface area contributed by atoms with Crippen LogP contribution in [0.2, 0.25) is 0 Å². The summed E-state index contributed by atoms with van der Waals surface area (Å²) in [4.78, 5) is 2.59. The molecule has 1 rings (SSSR count). The molecule has 1 aromatic carbocycles. The van der Waals surface area contributed by atoms with E-state index >= 15 is 0 Å². The Morgan fingerprint density at radius 1 is 0.700 bits per heavy atom. The van der Waals surface area contributed by atoms with E-state index in [4.69, 9.17) is 0 Å². The van der Waals surface area contributed by atoms with Gasteiger partial charge in [-0.3, -0.25) is 0 Å². The lowest BCUT2D eigenvalue weighted by atomic mass is 10.1. The SMILES string of the molecule is CCCCCCN(CCCCCC)c1ccc(C)cc1. The molecule has 0 atom stereocenters. The van der Waals surface area contributed by atoms with E-state index in [1.54, 1.807) is 0 Å². The van der Waals surface area contributed by atoms with Gasteiger partial charge in [0.2, 0.25) is 0 Å². The van der Waals surface area contributed by atoms with Crippen molar-refractivity contribution < 1.29 is 0 Å². The molecule has 20 heavy (non-hydrogen) atoms. The van der Waals surface area contributed by atoms with Crippen molar-refractivity contribution in [2.45, 2.75) is 72.1 Å². The Hall–Kier alpha value is -0.980. The van der Waals surface area contributed by atoms with E-state index in [1.807, 2.05) is 0 Å². The third-order valence-electron chi connectivity index (χ3n) is 3.96. The molecule has 0 saturated carbocycles. The second kappa shape index (κ2) is 10.8. The molecule has 1 aromatic rings. The number of anilines is 1. The average Bonchev–Trinajstić information content (AvgIpc) is 2.47. The van der Waals surface area contributed by atoms with E-state index in [0.717, 1.165) is 0 Å². The summed E-state index contributed by atoms with van der Waals surface area (Å²) in [6.07, 6.45) is 10.8. The first-order valence-electron chi connectivity index (χ1n) is 8.59. The minimum absolute atomic E-state index is 1.22. The van der Waals surface area contributed by atoms with Crippen molar-refractivity contribution in [2.24, 2.45) is 0 Å². The Morgan fingerprint density at radius 2 is 1.20 bits per heavy atom. The third-order valence-corrected chi connectivity index (χ3v) is 3.96. The summed E-state index contributed by atoms with van der Waals surface area (Å²) in [5, 5.41) is 0. The van der Waals surface area contributed by atoms with Crippen LogP contribution in [0.1, 0.15) is 70.8 Å². The Kier molecular flexibility index (Phi) is 9.19. The van der Waals surface area contributed by atoms with Crippen molar-refractivity contribution in [3.8, 4) is 0 Å². The van der Waals surface area contributed by atoms with Crippen LogP contribution < -0.4 is 4.90 Å². The van der Waals surface area contributed by atoms with Gasteiger partial charge in [0.05, 0.1) is 0 Å². The molecule has 1 nitrogen and oxygen atoms in total. The molecule has 0 aliphatic heterocycles. The minimum Gasteiger partial charge on any atom is -0.372 e. The van der Waals surface area contributed by atoms with Gasteiger partial charge in [0, 0.05) is 18.8 Å². The number of hydrogen-bond donors (Lipinski definition) is 0. The van der Waals surface area contributed by atoms with Gasteiger partial charge in [-0.1, -0.05) is 70.1 Å². The van der Waals surface area contributed by atoms with Gasteiger partial charge in [-0.25, -0.2) is 0 Å². The fourth-order valence-electron chi connectivity index (χ4n) is 2.58. The van der Waals surface area contributed by atoms with Crippen molar-refractivity contribution in [1.29, 1.82) is 0 Å². The van der Waals surface area contributed by atoms with Gasteiger partial charge in [-0.05, 0) is 31.9 Å². The maximum atomic E-state index is 2.59. The highest BCUT2D eigenvalue weighted by atomic mass is 15.1. The Balaban J connectivity index is 2.47. The number of benzene rings is 1. The molecule has 0 amide bonds. The van der Waals surface area contributed by atoms with Crippen LogP contribution in [0, 0.1) is 6.92 Å². The van der Waals surface area contributed by atoms with Crippen LogP contribution in [0.5, 0.6) is 0 Å². The van der Waals surface area contributed by atoms with Gasteiger partial charge in [0.1, 0.15) is 0 Å². The standard InChI is InChI=1S/C19H33N/c1-4-6-8-10-16-20(17-11-9-7-5-2)19-14-12-18(3)13-15-19/h12-15H,4-11,16-17H2,1-3H3. The predicted molar refractivity (Wildman–Crippen MR) is 91.7 cm³/mol. The van der Waals surface area contributed by atoms with Crippen LogP contribution in [0.3, 0.4) is 0 Å². The van der Waals surface area contributed by atoms with Crippen molar-refractivity contribution >= 4 is 5.69 Å². The average molecular weight is 275 g/mol. The largest absolute Gasteiger partial charge is 0.372 e. The number of unbranched alkanes of at least 4 members (excludes halogenated alkanes) is 6. The first-order chi connectivity index (χ1) is 9.77. The van der Waals surface area contributed by atoms with E-state index in [2.05, 4.69) is 49.9 Å². The maximum Gasteiger partial charge on any atom is 0.0366 e. The molecule has 0 unspecified atom stereocenters. The van der Waals surface area contributed by atoms with Crippen LogP contribution in [-0.4, -0.2) is 13.1 Å². The fraction of sp³-hybridized carbons (Fsp3) is 0.684. The van der Waals surface area contributed by atoms with Crippen LogP contribution in [0.15, 0.2) is 24.3 Å². The Morgan fingerprint density at radius 3 is 1.65 bits per heavy atom. The molecular formula is C19H33N. The maximum absolute atomic E-state index is 2.59. The molecule has 0 spiro atoms. The van der Waals surface area contributed by atoms with Gasteiger partial charge in [0.25, 0.3) is 0 Å². The van der Waals surface area contributed by atoms with Crippen molar-refractivity contribution in [3.05, 3.63) is 29.8 Å². The normalized spacial score (nSPS) is 10.8. The number of nitrogens with zero attached hydrogens (tertiary/aromatic N) is 1. The lowest BCUT2D eigenvalue weighted by Gasteiger charge is -2.25. The zero-order valence-corrected chi connectivity index (χ0v) is 13.8. The smallest absolute Gasteiger partial charge is 0.0366 e. The first-order valence-corrected chi connectivity index (χ1v) is 8.59. The topological polar surface area (TPSA) is 3.24 Å². The molecule has 0 heterocycles. The minimum atomic E-state index is 1.22. The lowest BCUT2D eigenvalue weighted by Crippen LogP contribution is -2.25. The van der Waals surface area contributed by atoms with E-state index in [1.165, 1.54) is 75.7 Å². The summed E-state index contributed by atoms with van der Waals surface area (Å²) in [7, 11) is 0. The Bertz CT molecular complexity index is 316. The number of aryl methyl sites for hydroxylation is 1. The van der Waals surface area contributed by atoms with Gasteiger partial charge in [-0.2, -0.15) is 0 Å². The van der Waals surface area contributed by atoms with Gasteiger partial charge >= 0.3 is 0 Å². The van der Waals surface area contributed by atoms with E-state index in [0.29, 0.717) is 0 Å². The lowest BCUT2D eigenvalue weighted by molar-refractivity contribution is 0.609. The van der Waals surface area contributed by atoms with Gasteiger partial charge in [-0.15, -0.1) is 0 Å².